The van der Waals surface area contributed by atoms with Gasteiger partial charge in [0.2, 0.25) is 0 Å². The van der Waals surface area contributed by atoms with Gasteiger partial charge in [-0.05, 0) is 19.3 Å². The van der Waals surface area contributed by atoms with E-state index in [-0.39, 0.29) is 0 Å². The smallest absolute Gasteiger partial charge is 0.315 e. The van der Waals surface area contributed by atoms with Crippen molar-refractivity contribution in [3.05, 3.63) is 0 Å². The van der Waals surface area contributed by atoms with E-state index in [1.54, 1.807) is 0 Å². The molecule has 12 heavy (non-hydrogen) atoms. The Labute approximate surface area is 68.8 Å². The Hall–Kier alpha value is -0.710. The second-order valence-electron chi connectivity index (χ2n) is 2.91. The fourth-order valence-corrected chi connectivity index (χ4v) is 1.35. The van der Waals surface area contributed by atoms with Crippen LogP contribution in [-0.2, 0) is 4.79 Å². The Bertz CT molecular complexity index is 175. The minimum Gasteiger partial charge on any atom is -0.391 e. The van der Waals surface area contributed by atoms with Gasteiger partial charge in [-0.3, -0.25) is 4.79 Å². The largest absolute Gasteiger partial charge is 0.391 e. The number of carbonyl (C=O) groups is 1. The van der Waals surface area contributed by atoms with Crippen LogP contribution in [0.15, 0.2) is 0 Å². The van der Waals surface area contributed by atoms with E-state index in [0.717, 1.165) is 6.42 Å². The molecule has 0 saturated heterocycles. The molecule has 1 amide bonds. The number of amides is 1. The molecule has 0 aromatic heterocycles. The van der Waals surface area contributed by atoms with Crippen LogP contribution < -0.4 is 5.32 Å². The van der Waals surface area contributed by atoms with Crippen molar-refractivity contribution in [2.75, 3.05) is 0 Å². The zero-order valence-corrected chi connectivity index (χ0v) is 6.46. The van der Waals surface area contributed by atoms with Crippen molar-refractivity contribution >= 4 is 5.91 Å². The van der Waals surface area contributed by atoms with Gasteiger partial charge in [-0.15, -0.1) is 0 Å². The molecule has 0 spiro atoms. The number of carbonyl (C=O) groups excluding carboxylic acids is 1. The number of halogens is 2. The lowest BCUT2D eigenvalue weighted by Crippen LogP contribution is -2.42. The molecule has 2 N–H and O–H groups in total. The first-order chi connectivity index (χ1) is 5.61. The highest BCUT2D eigenvalue weighted by atomic mass is 19.3. The van der Waals surface area contributed by atoms with Gasteiger partial charge < -0.3 is 10.4 Å². The van der Waals surface area contributed by atoms with E-state index >= 15 is 0 Å². The molecule has 5 heteroatoms. The average molecular weight is 179 g/mol. The average Bonchev–Trinajstić information content (AvgIpc) is 2.36. The molecule has 1 fully saturated rings. The summed E-state index contributed by atoms with van der Waals surface area (Å²) in [5.41, 5.74) is 0. The van der Waals surface area contributed by atoms with Gasteiger partial charge in [0.25, 0.3) is 5.91 Å². The molecule has 0 aromatic carbocycles. The monoisotopic (exact) mass is 179 g/mol. The Morgan fingerprint density at radius 2 is 2.17 bits per heavy atom. The van der Waals surface area contributed by atoms with Crippen molar-refractivity contribution in [2.45, 2.75) is 37.8 Å². The molecule has 0 aromatic rings. The molecule has 0 radical (unpaired) electrons. The van der Waals surface area contributed by atoms with Crippen LogP contribution in [0.3, 0.4) is 0 Å². The van der Waals surface area contributed by atoms with E-state index < -0.39 is 24.5 Å². The number of aliphatic hydroxyl groups is 1. The number of hydrogen-bond donors (Lipinski definition) is 2. The number of aliphatic hydroxyl groups excluding tert-OH is 1. The Balaban J connectivity index is 2.35. The molecule has 0 heterocycles. The van der Waals surface area contributed by atoms with Crippen LogP contribution in [-0.4, -0.2) is 29.6 Å². The molecule has 2 atom stereocenters. The molecule has 1 aliphatic rings. The van der Waals surface area contributed by atoms with Crippen LogP contribution in [0.4, 0.5) is 8.78 Å². The van der Waals surface area contributed by atoms with E-state index in [2.05, 4.69) is 5.32 Å². The van der Waals surface area contributed by atoms with Gasteiger partial charge in [0.15, 0.2) is 0 Å². The summed E-state index contributed by atoms with van der Waals surface area (Å²) < 4.78 is 23.4. The summed E-state index contributed by atoms with van der Waals surface area (Å²) in [4.78, 5) is 10.5. The van der Waals surface area contributed by atoms with Crippen LogP contribution in [0.25, 0.3) is 0 Å². The predicted molar refractivity (Wildman–Crippen MR) is 37.8 cm³/mol. The lowest BCUT2D eigenvalue weighted by molar-refractivity contribution is -0.133. The molecular formula is C7H11F2NO2. The van der Waals surface area contributed by atoms with E-state index in [1.807, 2.05) is 0 Å². The van der Waals surface area contributed by atoms with Crippen LogP contribution >= 0.6 is 0 Å². The van der Waals surface area contributed by atoms with Crippen molar-refractivity contribution in [1.82, 2.24) is 5.32 Å². The summed E-state index contributed by atoms with van der Waals surface area (Å²) in [5.74, 6) is -1.29. The van der Waals surface area contributed by atoms with Crippen molar-refractivity contribution in [2.24, 2.45) is 0 Å². The number of hydrogen-bond acceptors (Lipinski definition) is 2. The number of alkyl halides is 2. The quantitative estimate of drug-likeness (QED) is 0.639. The molecule has 1 rings (SSSR count). The molecule has 70 valence electrons. The summed E-state index contributed by atoms with van der Waals surface area (Å²) in [6.07, 6.45) is -1.71. The van der Waals surface area contributed by atoms with Crippen LogP contribution in [0, 0.1) is 0 Å². The SMILES string of the molecule is O=C(NC1CCCC1O)C(F)F. The first kappa shape index (κ1) is 9.38. The predicted octanol–water partition coefficient (Wildman–Crippen LogP) is 0.281. The molecule has 3 nitrogen and oxygen atoms in total. The second kappa shape index (κ2) is 3.80. The molecule has 0 bridgehead atoms. The van der Waals surface area contributed by atoms with Gasteiger partial charge >= 0.3 is 6.43 Å². The second-order valence-corrected chi connectivity index (χ2v) is 2.91. The zero-order valence-electron chi connectivity index (χ0n) is 6.46. The molecular weight excluding hydrogens is 168 g/mol. The van der Waals surface area contributed by atoms with Gasteiger partial charge in [0.05, 0.1) is 12.1 Å². The Morgan fingerprint density at radius 3 is 2.58 bits per heavy atom. The fourth-order valence-electron chi connectivity index (χ4n) is 1.35. The van der Waals surface area contributed by atoms with Crippen molar-refractivity contribution in [3.63, 3.8) is 0 Å². The standard InChI is InChI=1S/C7H11F2NO2/c8-6(9)7(12)10-4-2-1-3-5(4)11/h4-6,11H,1-3H2,(H,10,12). The van der Waals surface area contributed by atoms with E-state index in [1.165, 1.54) is 0 Å². The topological polar surface area (TPSA) is 49.3 Å². The van der Waals surface area contributed by atoms with Gasteiger partial charge in [0, 0.05) is 0 Å². The minimum atomic E-state index is -2.99. The van der Waals surface area contributed by atoms with Crippen LogP contribution in [0.2, 0.25) is 0 Å². The van der Waals surface area contributed by atoms with Gasteiger partial charge in [-0.2, -0.15) is 8.78 Å². The lowest BCUT2D eigenvalue weighted by atomic mass is 10.2. The molecule has 1 aliphatic carbocycles. The summed E-state index contributed by atoms with van der Waals surface area (Å²) in [6, 6.07) is -0.480. The highest BCUT2D eigenvalue weighted by molar-refractivity contribution is 5.79. The summed E-state index contributed by atoms with van der Waals surface area (Å²) in [6.45, 7) is 0. The van der Waals surface area contributed by atoms with Gasteiger partial charge in [-0.1, -0.05) is 0 Å². The van der Waals surface area contributed by atoms with Crippen LogP contribution in [0.5, 0.6) is 0 Å². The summed E-state index contributed by atoms with van der Waals surface area (Å²) in [7, 11) is 0. The van der Waals surface area contributed by atoms with Crippen molar-refractivity contribution in [1.29, 1.82) is 0 Å². The number of rotatable bonds is 2. The highest BCUT2D eigenvalue weighted by Gasteiger charge is 2.28. The van der Waals surface area contributed by atoms with Gasteiger partial charge in [0.1, 0.15) is 0 Å². The maximum atomic E-state index is 11.7. The zero-order chi connectivity index (χ0) is 9.14. The van der Waals surface area contributed by atoms with E-state index in [4.69, 9.17) is 5.11 Å². The molecule has 1 saturated carbocycles. The van der Waals surface area contributed by atoms with Crippen molar-refractivity contribution < 1.29 is 18.7 Å². The van der Waals surface area contributed by atoms with Crippen molar-refractivity contribution in [3.8, 4) is 0 Å². The van der Waals surface area contributed by atoms with Gasteiger partial charge in [-0.25, -0.2) is 0 Å². The Morgan fingerprint density at radius 1 is 1.50 bits per heavy atom. The maximum absolute atomic E-state index is 11.7. The summed E-state index contributed by atoms with van der Waals surface area (Å²) >= 11 is 0. The number of nitrogens with one attached hydrogen (secondary N) is 1. The Kier molecular flexibility index (Phi) is 2.97. The minimum absolute atomic E-state index is 0.480. The van der Waals surface area contributed by atoms with Crippen LogP contribution in [0.1, 0.15) is 19.3 Å². The van der Waals surface area contributed by atoms with E-state index in [0.29, 0.717) is 12.8 Å². The maximum Gasteiger partial charge on any atom is 0.315 e. The third-order valence-electron chi connectivity index (χ3n) is 2.01. The summed E-state index contributed by atoms with van der Waals surface area (Å²) in [5, 5.41) is 11.2. The van der Waals surface area contributed by atoms with E-state index in [9.17, 15) is 13.6 Å². The lowest BCUT2D eigenvalue weighted by Gasteiger charge is -2.15. The normalized spacial score (nSPS) is 29.3. The molecule has 0 aliphatic heterocycles. The highest BCUT2D eigenvalue weighted by Crippen LogP contribution is 2.18. The first-order valence-corrected chi connectivity index (χ1v) is 3.88. The molecule has 2 unspecified atom stereocenters. The first-order valence-electron chi connectivity index (χ1n) is 3.88. The fraction of sp³-hybridized carbons (Fsp3) is 0.857. The third kappa shape index (κ3) is 2.14. The third-order valence-corrected chi connectivity index (χ3v) is 2.01.